The van der Waals surface area contributed by atoms with Crippen LogP contribution in [-0.2, 0) is 10.6 Å². The zero-order valence-electron chi connectivity index (χ0n) is 8.16. The summed E-state index contributed by atoms with van der Waals surface area (Å²) in [6.45, 7) is 3.80. The second kappa shape index (κ2) is 6.68. The molecule has 1 heterocycles. The smallest absolute Gasteiger partial charge is 0.393 e. The molecule has 0 radical (unpaired) electrons. The van der Waals surface area contributed by atoms with Crippen molar-refractivity contribution in [2.75, 3.05) is 19.8 Å². The van der Waals surface area contributed by atoms with Crippen molar-refractivity contribution in [2.45, 2.75) is 19.2 Å². The molecule has 0 saturated heterocycles. The predicted molar refractivity (Wildman–Crippen MR) is 52.7 cm³/mol. The van der Waals surface area contributed by atoms with Crippen molar-refractivity contribution in [2.24, 2.45) is 0 Å². The van der Waals surface area contributed by atoms with E-state index in [1.165, 1.54) is 6.26 Å². The predicted octanol–water partition coefficient (Wildman–Crippen LogP) is 2.22. The SMILES string of the molecule is CCCOCCOc1nc(CCl)co1. The number of oxazole rings is 1. The molecule has 0 N–H and O–H groups in total. The molecule has 0 aromatic carbocycles. The summed E-state index contributed by atoms with van der Waals surface area (Å²) >= 11 is 5.54. The Morgan fingerprint density at radius 3 is 2.93 bits per heavy atom. The Morgan fingerprint density at radius 2 is 2.29 bits per heavy atom. The minimum Gasteiger partial charge on any atom is -0.448 e. The fraction of sp³-hybridized carbons (Fsp3) is 0.667. The van der Waals surface area contributed by atoms with Crippen molar-refractivity contribution in [3.05, 3.63) is 12.0 Å². The lowest BCUT2D eigenvalue weighted by Gasteiger charge is -2.01. The molecule has 0 aliphatic carbocycles. The molecule has 0 saturated carbocycles. The molecule has 0 aliphatic heterocycles. The quantitative estimate of drug-likeness (QED) is 0.521. The Bertz CT molecular complexity index is 252. The van der Waals surface area contributed by atoms with Gasteiger partial charge in [0.2, 0.25) is 0 Å². The molecule has 0 atom stereocenters. The molecule has 0 aliphatic rings. The van der Waals surface area contributed by atoms with Crippen LogP contribution in [-0.4, -0.2) is 24.8 Å². The van der Waals surface area contributed by atoms with Gasteiger partial charge in [-0.05, 0) is 6.42 Å². The average molecular weight is 220 g/mol. The number of rotatable bonds is 7. The molecule has 1 rings (SSSR count). The van der Waals surface area contributed by atoms with E-state index >= 15 is 0 Å². The van der Waals surface area contributed by atoms with Gasteiger partial charge in [-0.3, -0.25) is 0 Å². The van der Waals surface area contributed by atoms with Crippen LogP contribution in [0.4, 0.5) is 0 Å². The minimum atomic E-state index is 0.251. The number of hydrogen-bond donors (Lipinski definition) is 0. The van der Waals surface area contributed by atoms with E-state index < -0.39 is 0 Å². The van der Waals surface area contributed by atoms with Crippen LogP contribution in [0, 0.1) is 0 Å². The number of alkyl halides is 1. The van der Waals surface area contributed by atoms with Gasteiger partial charge in [0.05, 0.1) is 18.2 Å². The molecular weight excluding hydrogens is 206 g/mol. The van der Waals surface area contributed by atoms with Crippen LogP contribution in [0.15, 0.2) is 10.7 Å². The van der Waals surface area contributed by atoms with E-state index in [1.807, 2.05) is 0 Å². The van der Waals surface area contributed by atoms with Crippen LogP contribution in [0.2, 0.25) is 0 Å². The van der Waals surface area contributed by atoms with Gasteiger partial charge in [0.1, 0.15) is 12.9 Å². The Kier molecular flexibility index (Phi) is 5.40. The second-order valence-corrected chi connectivity index (χ2v) is 2.97. The number of ether oxygens (including phenoxy) is 2. The summed E-state index contributed by atoms with van der Waals surface area (Å²) in [7, 11) is 0. The minimum absolute atomic E-state index is 0.251. The average Bonchev–Trinajstić information content (AvgIpc) is 2.65. The fourth-order valence-electron chi connectivity index (χ4n) is 0.850. The van der Waals surface area contributed by atoms with Crippen molar-refractivity contribution < 1.29 is 13.9 Å². The molecule has 0 spiro atoms. The first-order valence-electron chi connectivity index (χ1n) is 4.57. The molecular formula is C9H14ClNO3. The Morgan fingerprint density at radius 1 is 1.43 bits per heavy atom. The molecule has 80 valence electrons. The summed E-state index contributed by atoms with van der Waals surface area (Å²) in [6, 6.07) is 0. The van der Waals surface area contributed by atoms with E-state index in [1.54, 1.807) is 0 Å². The third-order valence-electron chi connectivity index (χ3n) is 1.47. The largest absolute Gasteiger partial charge is 0.448 e. The van der Waals surface area contributed by atoms with Crippen molar-refractivity contribution in [3.63, 3.8) is 0 Å². The lowest BCUT2D eigenvalue weighted by Crippen LogP contribution is -2.07. The molecule has 5 heteroatoms. The van der Waals surface area contributed by atoms with Crippen LogP contribution < -0.4 is 4.74 Å². The number of aromatic nitrogens is 1. The van der Waals surface area contributed by atoms with Gasteiger partial charge in [-0.2, -0.15) is 4.98 Å². The summed E-state index contributed by atoms with van der Waals surface area (Å²) in [5, 5.41) is 0. The fourth-order valence-corrected chi connectivity index (χ4v) is 0.973. The first kappa shape index (κ1) is 11.3. The number of hydrogen-bond acceptors (Lipinski definition) is 4. The van der Waals surface area contributed by atoms with E-state index in [-0.39, 0.29) is 6.08 Å². The summed E-state index contributed by atoms with van der Waals surface area (Å²) in [4.78, 5) is 3.97. The van der Waals surface area contributed by atoms with Gasteiger partial charge in [0, 0.05) is 6.61 Å². The molecule has 4 nitrogen and oxygen atoms in total. The molecule has 1 aromatic rings. The maximum Gasteiger partial charge on any atom is 0.393 e. The molecule has 0 bridgehead atoms. The Hall–Kier alpha value is -0.740. The first-order valence-corrected chi connectivity index (χ1v) is 5.11. The first-order chi connectivity index (χ1) is 6.86. The van der Waals surface area contributed by atoms with Crippen LogP contribution in [0.25, 0.3) is 0 Å². The summed E-state index contributed by atoms with van der Waals surface area (Å²) < 4.78 is 15.4. The molecule has 0 fully saturated rings. The second-order valence-electron chi connectivity index (χ2n) is 2.70. The Labute approximate surface area is 88.2 Å². The van der Waals surface area contributed by atoms with Crippen molar-refractivity contribution in [1.29, 1.82) is 0 Å². The van der Waals surface area contributed by atoms with Gasteiger partial charge < -0.3 is 13.9 Å². The number of halogens is 1. The molecule has 0 unspecified atom stereocenters. The van der Waals surface area contributed by atoms with Crippen molar-refractivity contribution in [1.82, 2.24) is 4.98 Å². The lowest BCUT2D eigenvalue weighted by atomic mass is 10.5. The summed E-state index contributed by atoms with van der Waals surface area (Å²) in [5.41, 5.74) is 0.677. The van der Waals surface area contributed by atoms with Crippen molar-refractivity contribution >= 4 is 11.6 Å². The van der Waals surface area contributed by atoms with Gasteiger partial charge in [-0.25, -0.2) is 0 Å². The van der Waals surface area contributed by atoms with Crippen molar-refractivity contribution in [3.8, 4) is 6.08 Å². The van der Waals surface area contributed by atoms with Crippen LogP contribution >= 0.6 is 11.6 Å². The van der Waals surface area contributed by atoms with Crippen LogP contribution in [0.5, 0.6) is 6.08 Å². The zero-order chi connectivity index (χ0) is 10.2. The van der Waals surface area contributed by atoms with E-state index in [9.17, 15) is 0 Å². The van der Waals surface area contributed by atoms with E-state index in [0.717, 1.165) is 13.0 Å². The zero-order valence-corrected chi connectivity index (χ0v) is 8.92. The van der Waals surface area contributed by atoms with Gasteiger partial charge in [-0.1, -0.05) is 6.92 Å². The summed E-state index contributed by atoms with van der Waals surface area (Å²) in [5.74, 6) is 0.333. The third-order valence-corrected chi connectivity index (χ3v) is 1.74. The maximum absolute atomic E-state index is 5.54. The summed E-state index contributed by atoms with van der Waals surface area (Å²) in [6.07, 6.45) is 2.74. The molecule has 14 heavy (non-hydrogen) atoms. The standard InChI is InChI=1S/C9H14ClNO3/c1-2-3-12-4-5-13-9-11-8(6-10)7-14-9/h7H,2-6H2,1H3. The highest BCUT2D eigenvalue weighted by Crippen LogP contribution is 2.11. The van der Waals surface area contributed by atoms with Gasteiger partial charge in [0.25, 0.3) is 0 Å². The lowest BCUT2D eigenvalue weighted by molar-refractivity contribution is 0.0886. The van der Waals surface area contributed by atoms with Gasteiger partial charge in [-0.15, -0.1) is 11.6 Å². The van der Waals surface area contributed by atoms with E-state index in [4.69, 9.17) is 25.5 Å². The van der Waals surface area contributed by atoms with Gasteiger partial charge >= 0.3 is 6.08 Å². The highest BCUT2D eigenvalue weighted by molar-refractivity contribution is 6.16. The van der Waals surface area contributed by atoms with Gasteiger partial charge in [0.15, 0.2) is 0 Å². The normalized spacial score (nSPS) is 10.4. The maximum atomic E-state index is 5.54. The molecule has 1 aromatic heterocycles. The Balaban J connectivity index is 2.12. The topological polar surface area (TPSA) is 44.5 Å². The van der Waals surface area contributed by atoms with Crippen LogP contribution in [0.3, 0.4) is 0 Å². The molecule has 0 amide bonds. The van der Waals surface area contributed by atoms with Crippen LogP contribution in [0.1, 0.15) is 19.0 Å². The highest BCUT2D eigenvalue weighted by Gasteiger charge is 2.02. The number of nitrogens with zero attached hydrogens (tertiary/aromatic N) is 1. The monoisotopic (exact) mass is 219 g/mol. The van der Waals surface area contributed by atoms with E-state index in [2.05, 4.69) is 11.9 Å². The van der Waals surface area contributed by atoms with E-state index in [0.29, 0.717) is 24.8 Å². The highest BCUT2D eigenvalue weighted by atomic mass is 35.5. The third kappa shape index (κ3) is 3.98.